The van der Waals surface area contributed by atoms with E-state index >= 15 is 0 Å². The molecule has 2 rings (SSSR count). The maximum atomic E-state index is 9.75. The summed E-state index contributed by atoms with van der Waals surface area (Å²) in [6, 6.07) is 9.46. The molecule has 0 spiro atoms. The van der Waals surface area contributed by atoms with Gasteiger partial charge in [0.2, 0.25) is 0 Å². The van der Waals surface area contributed by atoms with E-state index in [1.807, 2.05) is 21.1 Å². The Hall–Kier alpha value is -1.92. The molecule has 6 heteroatoms. The number of aromatic hydroxyl groups is 4. The van der Waals surface area contributed by atoms with Crippen LogP contribution >= 0.6 is 0 Å². The highest BCUT2D eigenvalue weighted by Crippen LogP contribution is 2.36. The van der Waals surface area contributed by atoms with E-state index in [4.69, 9.17) is 0 Å². The molecule has 23 heavy (non-hydrogen) atoms. The highest BCUT2D eigenvalue weighted by Gasteiger charge is 2.23. The van der Waals surface area contributed by atoms with Gasteiger partial charge in [-0.2, -0.15) is 0 Å². The normalized spacial score (nSPS) is 11.3. The molecule has 0 amide bonds. The van der Waals surface area contributed by atoms with E-state index < -0.39 is 0 Å². The fraction of sp³-hybridized carbons (Fsp3) is 0.294. The topological polar surface area (TPSA) is 80.9 Å². The molecule has 126 valence electrons. The Bertz CT molecular complexity index is 631. The second-order valence-corrected chi connectivity index (χ2v) is 6.52. The van der Waals surface area contributed by atoms with Crippen LogP contribution in [0.1, 0.15) is 17.0 Å². The summed E-state index contributed by atoms with van der Waals surface area (Å²) in [5, 5.41) is 38.5. The molecule has 0 aromatic heterocycles. The third kappa shape index (κ3) is 4.77. The van der Waals surface area contributed by atoms with Gasteiger partial charge < -0.3 is 41.9 Å². The summed E-state index contributed by atoms with van der Waals surface area (Å²) in [5.41, 5.74) is 1.65. The molecule has 0 saturated heterocycles. The first-order valence-electron chi connectivity index (χ1n) is 7.01. The molecule has 0 aliphatic carbocycles. The van der Waals surface area contributed by atoms with Crippen LogP contribution < -0.4 is 17.0 Å². The number of halogens is 1. The van der Waals surface area contributed by atoms with Gasteiger partial charge in [0.05, 0.1) is 33.6 Å². The second-order valence-electron chi connectivity index (χ2n) is 6.52. The van der Waals surface area contributed by atoms with Crippen LogP contribution in [0.15, 0.2) is 36.4 Å². The number of benzene rings is 2. The maximum absolute atomic E-state index is 9.75. The van der Waals surface area contributed by atoms with Crippen LogP contribution in [0.2, 0.25) is 0 Å². The number of quaternary nitrogens is 1. The molecule has 0 saturated carbocycles. The molecule has 0 atom stereocenters. The van der Waals surface area contributed by atoms with Crippen molar-refractivity contribution < 1.29 is 41.9 Å². The van der Waals surface area contributed by atoms with Crippen molar-refractivity contribution in [1.82, 2.24) is 0 Å². The summed E-state index contributed by atoms with van der Waals surface area (Å²) in [4.78, 5) is 0. The quantitative estimate of drug-likeness (QED) is 0.417. The van der Waals surface area contributed by atoms with Gasteiger partial charge in [0.15, 0.2) is 23.0 Å². The molecular formula is C17H22BrNO4. The molecule has 0 radical (unpaired) electrons. The molecule has 0 aliphatic heterocycles. The Balaban J connectivity index is 0.00000264. The Labute approximate surface area is 146 Å². The molecule has 0 fully saturated rings. The summed E-state index contributed by atoms with van der Waals surface area (Å²) in [6.45, 7) is 0.717. The zero-order valence-electron chi connectivity index (χ0n) is 13.4. The van der Waals surface area contributed by atoms with Crippen molar-refractivity contribution in [2.24, 2.45) is 0 Å². The van der Waals surface area contributed by atoms with Gasteiger partial charge in [-0.25, -0.2) is 0 Å². The van der Waals surface area contributed by atoms with Gasteiger partial charge in [-0.05, 0) is 35.4 Å². The predicted octanol–water partition coefficient (Wildman–Crippen LogP) is -0.649. The summed E-state index contributed by atoms with van der Waals surface area (Å²) in [5.74, 6) is -0.778. The Morgan fingerprint density at radius 1 is 0.739 bits per heavy atom. The fourth-order valence-corrected chi connectivity index (χ4v) is 2.47. The van der Waals surface area contributed by atoms with Crippen LogP contribution in [-0.4, -0.2) is 52.6 Å². The molecule has 0 bridgehead atoms. The largest absolute Gasteiger partial charge is 1.00 e. The third-order valence-electron chi connectivity index (χ3n) is 3.53. The van der Waals surface area contributed by atoms with E-state index in [1.165, 1.54) is 24.3 Å². The molecule has 2 aromatic rings. The van der Waals surface area contributed by atoms with Crippen LogP contribution in [0.4, 0.5) is 0 Å². The minimum absolute atomic E-state index is 0. The minimum Gasteiger partial charge on any atom is -1.00 e. The van der Waals surface area contributed by atoms with Crippen molar-refractivity contribution in [3.63, 3.8) is 0 Å². The molecule has 0 heterocycles. The molecular weight excluding hydrogens is 362 g/mol. The molecule has 0 unspecified atom stereocenters. The lowest BCUT2D eigenvalue weighted by molar-refractivity contribution is -0.871. The Morgan fingerprint density at radius 2 is 1.13 bits per heavy atom. The van der Waals surface area contributed by atoms with Crippen molar-refractivity contribution in [2.45, 2.75) is 5.92 Å². The first-order valence-corrected chi connectivity index (χ1v) is 7.01. The number of hydrogen-bond donors (Lipinski definition) is 4. The van der Waals surface area contributed by atoms with Gasteiger partial charge in [-0.1, -0.05) is 12.1 Å². The molecule has 2 aromatic carbocycles. The number of phenolic OH excluding ortho intramolecular Hbond substituents is 4. The number of phenols is 4. The van der Waals surface area contributed by atoms with Gasteiger partial charge in [0.25, 0.3) is 0 Å². The zero-order chi connectivity index (χ0) is 16.5. The SMILES string of the molecule is C[N+](C)(C)CC(c1ccc(O)c(O)c1)c1ccc(O)c(O)c1.[Br-]. The van der Waals surface area contributed by atoms with Crippen molar-refractivity contribution in [3.8, 4) is 23.0 Å². The number of nitrogens with zero attached hydrogens (tertiary/aromatic N) is 1. The number of rotatable bonds is 4. The fourth-order valence-electron chi connectivity index (χ4n) is 2.47. The lowest BCUT2D eigenvalue weighted by atomic mass is 9.90. The van der Waals surface area contributed by atoms with Gasteiger partial charge in [-0.15, -0.1) is 0 Å². The zero-order valence-corrected chi connectivity index (χ0v) is 14.9. The van der Waals surface area contributed by atoms with E-state index in [-0.39, 0.29) is 45.9 Å². The molecule has 4 N–H and O–H groups in total. The third-order valence-corrected chi connectivity index (χ3v) is 3.53. The van der Waals surface area contributed by atoms with Gasteiger partial charge in [0.1, 0.15) is 0 Å². The number of likely N-dealkylation sites (N-methyl/N-ethyl adjacent to an activating group) is 1. The maximum Gasteiger partial charge on any atom is 0.157 e. The second kappa shape index (κ2) is 7.10. The predicted molar refractivity (Wildman–Crippen MR) is 84.3 cm³/mol. The van der Waals surface area contributed by atoms with Crippen LogP contribution in [0.3, 0.4) is 0 Å². The Morgan fingerprint density at radius 3 is 1.43 bits per heavy atom. The van der Waals surface area contributed by atoms with E-state index in [1.54, 1.807) is 12.1 Å². The van der Waals surface area contributed by atoms with Gasteiger partial charge in [-0.3, -0.25) is 0 Å². The van der Waals surface area contributed by atoms with Crippen LogP contribution in [0.5, 0.6) is 23.0 Å². The monoisotopic (exact) mass is 383 g/mol. The van der Waals surface area contributed by atoms with E-state index in [2.05, 4.69) is 0 Å². The van der Waals surface area contributed by atoms with Crippen molar-refractivity contribution in [1.29, 1.82) is 0 Å². The highest BCUT2D eigenvalue weighted by molar-refractivity contribution is 5.47. The summed E-state index contributed by atoms with van der Waals surface area (Å²) < 4.78 is 0.675. The van der Waals surface area contributed by atoms with Gasteiger partial charge >= 0.3 is 0 Å². The molecule has 5 nitrogen and oxygen atoms in total. The van der Waals surface area contributed by atoms with E-state index in [9.17, 15) is 20.4 Å². The average Bonchev–Trinajstić information content (AvgIpc) is 2.41. The first-order chi connectivity index (χ1) is 10.2. The van der Waals surface area contributed by atoms with E-state index in [0.717, 1.165) is 11.1 Å². The first kappa shape index (κ1) is 19.1. The smallest absolute Gasteiger partial charge is 0.157 e. The van der Waals surface area contributed by atoms with Crippen LogP contribution in [0.25, 0.3) is 0 Å². The van der Waals surface area contributed by atoms with Crippen LogP contribution in [-0.2, 0) is 0 Å². The van der Waals surface area contributed by atoms with Crippen molar-refractivity contribution in [3.05, 3.63) is 47.5 Å². The minimum atomic E-state index is -0.174. The average molecular weight is 384 g/mol. The van der Waals surface area contributed by atoms with Crippen molar-refractivity contribution in [2.75, 3.05) is 27.7 Å². The molecule has 0 aliphatic rings. The lowest BCUT2D eigenvalue weighted by Crippen LogP contribution is -3.00. The Kier molecular flexibility index (Phi) is 5.91. The summed E-state index contributed by atoms with van der Waals surface area (Å²) in [7, 11) is 6.15. The van der Waals surface area contributed by atoms with Crippen molar-refractivity contribution >= 4 is 0 Å². The highest BCUT2D eigenvalue weighted by atomic mass is 79.9. The summed E-state index contributed by atoms with van der Waals surface area (Å²) in [6.07, 6.45) is 0. The lowest BCUT2D eigenvalue weighted by Gasteiger charge is -2.30. The number of hydrogen-bond acceptors (Lipinski definition) is 4. The standard InChI is InChI=1S/C17H21NO4.BrH/c1-18(2,3)10-13(11-4-6-14(19)16(21)8-11)12-5-7-15(20)17(22)9-12;/h4-9,13H,10H2,1-3H3,(H3-,19,20,21,22);1H. The van der Waals surface area contributed by atoms with E-state index in [0.29, 0.717) is 11.0 Å². The van der Waals surface area contributed by atoms with Gasteiger partial charge in [0, 0.05) is 0 Å². The summed E-state index contributed by atoms with van der Waals surface area (Å²) >= 11 is 0. The van der Waals surface area contributed by atoms with Crippen LogP contribution in [0, 0.1) is 0 Å².